The van der Waals surface area contributed by atoms with Crippen LogP contribution in [0.5, 0.6) is 0 Å². The van der Waals surface area contributed by atoms with Crippen molar-refractivity contribution >= 4 is 17.3 Å². The molecule has 3 aliphatic rings. The van der Waals surface area contributed by atoms with Crippen LogP contribution in [0.3, 0.4) is 0 Å². The number of allylic oxidation sites excluding steroid dienone is 8. The van der Waals surface area contributed by atoms with Crippen LogP contribution in [0.15, 0.2) is 77.3 Å². The van der Waals surface area contributed by atoms with E-state index in [0.717, 1.165) is 12.0 Å². The third kappa shape index (κ3) is 2.66. The van der Waals surface area contributed by atoms with Crippen molar-refractivity contribution in [1.29, 1.82) is 0 Å². The highest BCUT2D eigenvalue weighted by Gasteiger charge is 2.62. The predicted molar refractivity (Wildman–Crippen MR) is 125 cm³/mol. The van der Waals surface area contributed by atoms with E-state index in [9.17, 15) is 0 Å². The standard InChI is InChI=1S/C27H32S/c1-18(2)10-8-9-11-24-26(6,7)25(4,5)20-13-15-22-21-14-12-19(3)16-23(21)28-27(22,24)17-20/h8-16,24H,1,17H2,2-7H3/b10-8-,11-9-. The molecule has 1 aromatic carbocycles. The normalized spacial score (nSPS) is 29.4. The molecule has 2 aliphatic carbocycles. The molecule has 0 amide bonds. The molecule has 146 valence electrons. The molecule has 1 heterocycles. The summed E-state index contributed by atoms with van der Waals surface area (Å²) in [4.78, 5) is 1.45. The van der Waals surface area contributed by atoms with Crippen LogP contribution in [0.1, 0.15) is 52.2 Å². The van der Waals surface area contributed by atoms with Crippen molar-refractivity contribution in [3.63, 3.8) is 0 Å². The molecule has 1 heteroatoms. The number of benzene rings is 1. The largest absolute Gasteiger partial charge is 0.113 e. The number of aryl methyl sites for hydroxylation is 1. The minimum Gasteiger partial charge on any atom is -0.113 e. The lowest BCUT2D eigenvalue weighted by Crippen LogP contribution is -2.55. The van der Waals surface area contributed by atoms with Gasteiger partial charge in [-0.2, -0.15) is 0 Å². The first-order valence-corrected chi connectivity index (χ1v) is 11.1. The lowest BCUT2D eigenvalue weighted by Gasteiger charge is -2.60. The third-order valence-electron chi connectivity index (χ3n) is 7.57. The minimum atomic E-state index is 0.104. The fourth-order valence-corrected chi connectivity index (χ4v) is 7.19. The summed E-state index contributed by atoms with van der Waals surface area (Å²) in [5, 5.41) is 0. The van der Waals surface area contributed by atoms with Gasteiger partial charge in [0.2, 0.25) is 0 Å². The van der Waals surface area contributed by atoms with Crippen LogP contribution in [0, 0.1) is 23.7 Å². The van der Waals surface area contributed by atoms with E-state index in [1.54, 1.807) is 5.57 Å². The first kappa shape index (κ1) is 19.6. The summed E-state index contributed by atoms with van der Waals surface area (Å²) in [6, 6.07) is 6.98. The van der Waals surface area contributed by atoms with Crippen molar-refractivity contribution in [3.05, 3.63) is 83.5 Å². The molecule has 1 aromatic rings. The lowest BCUT2D eigenvalue weighted by molar-refractivity contribution is 0.0504. The Morgan fingerprint density at radius 2 is 1.89 bits per heavy atom. The van der Waals surface area contributed by atoms with Crippen LogP contribution in [-0.4, -0.2) is 4.75 Å². The number of thioether (sulfide) groups is 1. The summed E-state index contributed by atoms with van der Waals surface area (Å²) >= 11 is 2.11. The van der Waals surface area contributed by atoms with Crippen molar-refractivity contribution in [2.75, 3.05) is 0 Å². The molecule has 1 spiro atoms. The van der Waals surface area contributed by atoms with E-state index in [1.165, 1.54) is 21.6 Å². The SMILES string of the molecule is C=C(C)/C=C\C=C/C1C23CC(=CC=C2c2ccc(C)cc2S3)C(C)(C)C1(C)C. The minimum absolute atomic E-state index is 0.104. The molecule has 1 fully saturated rings. The van der Waals surface area contributed by atoms with E-state index < -0.39 is 0 Å². The smallest absolute Gasteiger partial charge is 0.0567 e. The molecule has 0 nitrogen and oxygen atoms in total. The first-order chi connectivity index (χ1) is 13.1. The number of hydrogen-bond acceptors (Lipinski definition) is 1. The quantitative estimate of drug-likeness (QED) is 0.474. The molecule has 2 atom stereocenters. The van der Waals surface area contributed by atoms with Gasteiger partial charge in [0.25, 0.3) is 0 Å². The van der Waals surface area contributed by atoms with Gasteiger partial charge in [0.05, 0.1) is 4.75 Å². The predicted octanol–water partition coefficient (Wildman–Crippen LogP) is 7.92. The molecule has 0 N–H and O–H groups in total. The summed E-state index contributed by atoms with van der Waals surface area (Å²) < 4.78 is 0.104. The van der Waals surface area contributed by atoms with E-state index >= 15 is 0 Å². The molecule has 1 aliphatic heterocycles. The van der Waals surface area contributed by atoms with E-state index in [1.807, 2.05) is 6.92 Å². The third-order valence-corrected chi connectivity index (χ3v) is 9.11. The molecule has 0 radical (unpaired) electrons. The Labute approximate surface area is 175 Å². The summed E-state index contributed by atoms with van der Waals surface area (Å²) in [6.07, 6.45) is 15.0. The number of fused-ring (bicyclic) bond motifs is 3. The van der Waals surface area contributed by atoms with Gasteiger partial charge in [-0.05, 0) is 53.9 Å². The topological polar surface area (TPSA) is 0 Å². The molecular formula is C27H32S. The highest BCUT2D eigenvalue weighted by molar-refractivity contribution is 8.01. The van der Waals surface area contributed by atoms with Gasteiger partial charge in [0, 0.05) is 10.8 Å². The van der Waals surface area contributed by atoms with Crippen LogP contribution in [0.2, 0.25) is 0 Å². The van der Waals surface area contributed by atoms with E-state index in [4.69, 9.17) is 0 Å². The second kappa shape index (κ2) is 6.39. The van der Waals surface area contributed by atoms with Gasteiger partial charge < -0.3 is 0 Å². The van der Waals surface area contributed by atoms with Gasteiger partial charge in [-0.25, -0.2) is 0 Å². The van der Waals surface area contributed by atoms with Gasteiger partial charge in [-0.1, -0.05) is 94.0 Å². The molecular weight excluding hydrogens is 356 g/mol. The fraction of sp³-hybridized carbons (Fsp3) is 0.407. The molecule has 0 aromatic heterocycles. The van der Waals surface area contributed by atoms with Crippen molar-refractivity contribution in [3.8, 4) is 0 Å². The lowest BCUT2D eigenvalue weighted by atomic mass is 9.47. The average Bonchev–Trinajstić information content (AvgIpc) is 2.92. The Hall–Kier alpha value is -1.73. The zero-order valence-corrected chi connectivity index (χ0v) is 18.9. The van der Waals surface area contributed by atoms with Gasteiger partial charge in [-0.15, -0.1) is 11.8 Å². The van der Waals surface area contributed by atoms with Crippen molar-refractivity contribution in [1.82, 2.24) is 0 Å². The van der Waals surface area contributed by atoms with Crippen molar-refractivity contribution < 1.29 is 0 Å². The van der Waals surface area contributed by atoms with Crippen LogP contribution >= 0.6 is 11.8 Å². The Morgan fingerprint density at radius 1 is 1.14 bits per heavy atom. The summed E-state index contributed by atoms with van der Waals surface area (Å²) in [5.74, 6) is 0.450. The number of rotatable bonds is 3. The van der Waals surface area contributed by atoms with Crippen LogP contribution in [0.4, 0.5) is 0 Å². The molecule has 0 saturated heterocycles. The Kier molecular flexibility index (Phi) is 4.47. The van der Waals surface area contributed by atoms with Crippen LogP contribution in [-0.2, 0) is 0 Å². The fourth-order valence-electron chi connectivity index (χ4n) is 5.25. The second-order valence-electron chi connectivity index (χ2n) is 9.85. The van der Waals surface area contributed by atoms with Crippen LogP contribution in [0.25, 0.3) is 5.57 Å². The Balaban J connectivity index is 1.88. The summed E-state index contributed by atoms with van der Waals surface area (Å²) in [7, 11) is 0. The molecule has 2 bridgehead atoms. The zero-order valence-electron chi connectivity index (χ0n) is 18.1. The maximum Gasteiger partial charge on any atom is 0.0567 e. The highest BCUT2D eigenvalue weighted by Crippen LogP contribution is 2.71. The van der Waals surface area contributed by atoms with Gasteiger partial charge in [0.15, 0.2) is 0 Å². The maximum absolute atomic E-state index is 3.99. The Bertz CT molecular complexity index is 964. The zero-order chi connectivity index (χ0) is 20.3. The van der Waals surface area contributed by atoms with Crippen molar-refractivity contribution in [2.45, 2.75) is 57.6 Å². The van der Waals surface area contributed by atoms with Crippen molar-refractivity contribution in [2.24, 2.45) is 16.7 Å². The molecule has 2 unspecified atom stereocenters. The first-order valence-electron chi connectivity index (χ1n) is 10.3. The summed E-state index contributed by atoms with van der Waals surface area (Å²) in [5.41, 5.74) is 7.32. The van der Waals surface area contributed by atoms with Gasteiger partial charge in [0.1, 0.15) is 0 Å². The van der Waals surface area contributed by atoms with Crippen LogP contribution < -0.4 is 0 Å². The average molecular weight is 389 g/mol. The van der Waals surface area contributed by atoms with Gasteiger partial charge in [-0.3, -0.25) is 0 Å². The molecule has 1 saturated carbocycles. The Morgan fingerprint density at radius 3 is 2.61 bits per heavy atom. The summed E-state index contributed by atoms with van der Waals surface area (Å²) in [6.45, 7) is 18.0. The molecule has 28 heavy (non-hydrogen) atoms. The second-order valence-corrected chi connectivity index (χ2v) is 11.2. The number of hydrogen-bond donors (Lipinski definition) is 0. The van der Waals surface area contributed by atoms with E-state index in [2.05, 4.69) is 108 Å². The monoisotopic (exact) mass is 388 g/mol. The van der Waals surface area contributed by atoms with E-state index in [0.29, 0.717) is 5.92 Å². The van der Waals surface area contributed by atoms with Gasteiger partial charge >= 0.3 is 0 Å². The maximum atomic E-state index is 3.99. The highest BCUT2D eigenvalue weighted by atomic mass is 32.2. The molecule has 4 rings (SSSR count). The van der Waals surface area contributed by atoms with E-state index in [-0.39, 0.29) is 15.6 Å².